The molecule has 0 spiro atoms. The van der Waals surface area contributed by atoms with Crippen LogP contribution in [-0.2, 0) is 19.2 Å². The molecule has 0 bridgehead atoms. The smallest absolute Gasteiger partial charge is 0.312 e. The number of Topliss-reactive ketones (excluding diaryl/α,β-unsaturated/α-hetero) is 1. The number of nitrogens with two attached hydrogens (primary N) is 1. The van der Waals surface area contributed by atoms with Crippen molar-refractivity contribution in [3.8, 4) is 0 Å². The minimum Gasteiger partial charge on any atom is -0.352 e. The molecular weight excluding hydrogens is 438 g/mol. The van der Waals surface area contributed by atoms with Gasteiger partial charge in [-0.25, -0.2) is 4.79 Å². The highest BCUT2D eigenvalue weighted by Crippen LogP contribution is 2.12. The Bertz CT molecular complexity index is 664. The van der Waals surface area contributed by atoms with Gasteiger partial charge in [-0.1, -0.05) is 34.1 Å². The van der Waals surface area contributed by atoms with Gasteiger partial charge < -0.3 is 31.8 Å². The number of primary amides is 1. The van der Waals surface area contributed by atoms with Gasteiger partial charge >= 0.3 is 6.03 Å². The van der Waals surface area contributed by atoms with Crippen molar-refractivity contribution in [3.05, 3.63) is 0 Å². The molecule has 0 aromatic heterocycles. The molecule has 10 nitrogen and oxygen atoms in total. The van der Waals surface area contributed by atoms with E-state index in [4.69, 9.17) is 5.73 Å². The van der Waals surface area contributed by atoms with Gasteiger partial charge in [0.1, 0.15) is 12.3 Å². The molecule has 10 heteroatoms. The summed E-state index contributed by atoms with van der Waals surface area (Å²) in [7, 11) is 0. The lowest BCUT2D eigenvalue weighted by Crippen LogP contribution is -2.53. The Morgan fingerprint density at radius 2 is 1.59 bits per heavy atom. The van der Waals surface area contributed by atoms with Gasteiger partial charge in [-0.2, -0.15) is 0 Å². The molecule has 2 atom stereocenters. The van der Waals surface area contributed by atoms with E-state index in [2.05, 4.69) is 21.3 Å². The van der Waals surface area contributed by atoms with Crippen molar-refractivity contribution in [2.75, 3.05) is 13.1 Å². The molecule has 0 fully saturated rings. The van der Waals surface area contributed by atoms with Crippen molar-refractivity contribution in [1.82, 2.24) is 21.3 Å². The highest BCUT2D eigenvalue weighted by Gasteiger charge is 2.27. The zero-order valence-electron chi connectivity index (χ0n) is 21.5. The maximum Gasteiger partial charge on any atom is 0.312 e. The van der Waals surface area contributed by atoms with Crippen LogP contribution in [0.1, 0.15) is 86.0 Å². The number of amides is 4. The van der Waals surface area contributed by atoms with Gasteiger partial charge in [-0.05, 0) is 57.9 Å². The summed E-state index contributed by atoms with van der Waals surface area (Å²) in [5.41, 5.74) is 4.55. The van der Waals surface area contributed by atoms with Crippen molar-refractivity contribution in [1.29, 1.82) is 0 Å². The van der Waals surface area contributed by atoms with Gasteiger partial charge in [-0.15, -0.1) is 0 Å². The monoisotopic (exact) mass is 483 g/mol. The van der Waals surface area contributed by atoms with E-state index in [0.717, 1.165) is 32.0 Å². The summed E-state index contributed by atoms with van der Waals surface area (Å²) in [4.78, 5) is 59.2. The number of hydrogen-bond acceptors (Lipinski definition) is 6. The lowest BCUT2D eigenvalue weighted by atomic mass is 9.94. The minimum absolute atomic E-state index is 0.156. The SMILES string of the molecule is CCC(C=O)(CC)NCCCCCC(=O)N[C@H](C(=O)N[C@@H](CCCNC(N)=O)C(C)=O)C(C)C. The Morgan fingerprint density at radius 1 is 0.941 bits per heavy atom. The summed E-state index contributed by atoms with van der Waals surface area (Å²) in [6.45, 7) is 10.0. The van der Waals surface area contributed by atoms with Crippen LogP contribution in [0.15, 0.2) is 0 Å². The predicted octanol–water partition coefficient (Wildman–Crippen LogP) is 1.56. The zero-order chi connectivity index (χ0) is 26.1. The van der Waals surface area contributed by atoms with Gasteiger partial charge in [0.15, 0.2) is 5.78 Å². The molecule has 0 aliphatic carbocycles. The number of aldehydes is 1. The van der Waals surface area contributed by atoms with Gasteiger partial charge in [-0.3, -0.25) is 14.4 Å². The fourth-order valence-corrected chi connectivity index (χ4v) is 3.57. The second-order valence-corrected chi connectivity index (χ2v) is 9.11. The third-order valence-electron chi connectivity index (χ3n) is 6.09. The number of urea groups is 1. The third-order valence-corrected chi connectivity index (χ3v) is 6.09. The fraction of sp³-hybridized carbons (Fsp3) is 0.792. The molecule has 0 rings (SSSR count). The van der Waals surface area contributed by atoms with E-state index in [-0.39, 0.29) is 17.6 Å². The first kappa shape index (κ1) is 31.5. The van der Waals surface area contributed by atoms with Crippen LogP contribution in [0.2, 0.25) is 0 Å². The first-order valence-corrected chi connectivity index (χ1v) is 12.4. The van der Waals surface area contributed by atoms with Crippen LogP contribution >= 0.6 is 0 Å². The molecule has 34 heavy (non-hydrogen) atoms. The molecule has 0 saturated heterocycles. The van der Waals surface area contributed by atoms with Crippen molar-refractivity contribution in [2.45, 2.75) is 104 Å². The Morgan fingerprint density at radius 3 is 2.09 bits per heavy atom. The summed E-state index contributed by atoms with van der Waals surface area (Å²) in [5, 5.41) is 11.3. The maximum absolute atomic E-state index is 12.8. The average Bonchev–Trinajstić information content (AvgIpc) is 2.78. The van der Waals surface area contributed by atoms with Crippen LogP contribution in [0.25, 0.3) is 0 Å². The molecule has 0 radical (unpaired) electrons. The van der Waals surface area contributed by atoms with Gasteiger partial charge in [0.05, 0.1) is 11.6 Å². The van der Waals surface area contributed by atoms with E-state index in [0.29, 0.717) is 38.8 Å². The van der Waals surface area contributed by atoms with Crippen LogP contribution in [0, 0.1) is 5.92 Å². The van der Waals surface area contributed by atoms with Crippen LogP contribution in [0.5, 0.6) is 0 Å². The predicted molar refractivity (Wildman–Crippen MR) is 132 cm³/mol. The topological polar surface area (TPSA) is 159 Å². The standard InChI is InChI=1S/C24H45N5O5/c1-6-24(7-2,16-30)27-15-10-8-9-13-20(32)29-21(17(3)4)22(33)28-19(18(5)31)12-11-14-26-23(25)34/h16-17,19,21,27H,6-15H2,1-5H3,(H,28,33)(H,29,32)(H3,25,26,34)/t19-,21-/m0/s1. The highest BCUT2D eigenvalue weighted by molar-refractivity contribution is 5.92. The molecule has 0 heterocycles. The van der Waals surface area contributed by atoms with E-state index in [1.54, 1.807) is 0 Å². The maximum atomic E-state index is 12.8. The van der Waals surface area contributed by atoms with Crippen molar-refractivity contribution >= 4 is 29.9 Å². The molecule has 4 amide bonds. The van der Waals surface area contributed by atoms with Crippen LogP contribution in [0.3, 0.4) is 0 Å². The number of carbonyl (C=O) groups excluding carboxylic acids is 5. The Hall–Kier alpha value is -2.49. The molecule has 0 aromatic carbocycles. The van der Waals surface area contributed by atoms with Gasteiger partial charge in [0.25, 0.3) is 0 Å². The minimum atomic E-state index is -0.748. The van der Waals surface area contributed by atoms with Crippen LogP contribution < -0.4 is 27.0 Å². The number of carbonyl (C=O) groups is 5. The van der Waals surface area contributed by atoms with Crippen LogP contribution in [-0.4, -0.2) is 60.6 Å². The summed E-state index contributed by atoms with van der Waals surface area (Å²) in [6.07, 6.45) is 5.94. The molecule has 0 aromatic rings. The molecular formula is C24H45N5O5. The van der Waals surface area contributed by atoms with Crippen molar-refractivity contribution in [2.24, 2.45) is 11.7 Å². The second kappa shape index (κ2) is 17.0. The molecule has 0 unspecified atom stereocenters. The summed E-state index contributed by atoms with van der Waals surface area (Å²) >= 11 is 0. The summed E-state index contributed by atoms with van der Waals surface area (Å²) in [6, 6.07) is -2.09. The van der Waals surface area contributed by atoms with Crippen molar-refractivity contribution < 1.29 is 24.0 Å². The number of hydrogen-bond donors (Lipinski definition) is 5. The zero-order valence-corrected chi connectivity index (χ0v) is 21.5. The van der Waals surface area contributed by atoms with Gasteiger partial charge in [0.2, 0.25) is 11.8 Å². The largest absolute Gasteiger partial charge is 0.352 e. The Labute approximate surface area is 203 Å². The molecule has 0 aliphatic rings. The number of unbranched alkanes of at least 4 members (excludes halogenated alkanes) is 2. The average molecular weight is 484 g/mol. The highest BCUT2D eigenvalue weighted by atomic mass is 16.2. The normalized spacial score (nSPS) is 13.1. The van der Waals surface area contributed by atoms with E-state index in [1.807, 2.05) is 27.7 Å². The summed E-state index contributed by atoms with van der Waals surface area (Å²) in [5.74, 6) is -0.965. The lowest BCUT2D eigenvalue weighted by Gasteiger charge is -2.26. The van der Waals surface area contributed by atoms with E-state index >= 15 is 0 Å². The first-order valence-electron chi connectivity index (χ1n) is 12.4. The summed E-state index contributed by atoms with van der Waals surface area (Å²) < 4.78 is 0. The number of rotatable bonds is 19. The van der Waals surface area contributed by atoms with Gasteiger partial charge in [0, 0.05) is 13.0 Å². The number of nitrogens with one attached hydrogen (secondary N) is 4. The first-order chi connectivity index (χ1) is 16.0. The fourth-order valence-electron chi connectivity index (χ4n) is 3.57. The Kier molecular flexibility index (Phi) is 15.8. The number of ketones is 1. The quantitative estimate of drug-likeness (QED) is 0.138. The molecule has 0 saturated carbocycles. The van der Waals surface area contributed by atoms with E-state index in [9.17, 15) is 24.0 Å². The lowest BCUT2D eigenvalue weighted by molar-refractivity contribution is -0.132. The Balaban J connectivity index is 4.53. The third kappa shape index (κ3) is 12.7. The van der Waals surface area contributed by atoms with E-state index in [1.165, 1.54) is 6.92 Å². The molecule has 196 valence electrons. The molecule has 6 N–H and O–H groups in total. The van der Waals surface area contributed by atoms with Crippen molar-refractivity contribution in [3.63, 3.8) is 0 Å². The van der Waals surface area contributed by atoms with Crippen LogP contribution in [0.4, 0.5) is 4.79 Å². The second-order valence-electron chi connectivity index (χ2n) is 9.11. The molecule has 0 aliphatic heterocycles. The van der Waals surface area contributed by atoms with E-state index < -0.39 is 29.6 Å².